The van der Waals surface area contributed by atoms with Crippen LogP contribution in [0.15, 0.2) is 39.3 Å². The molecule has 1 aromatic carbocycles. The van der Waals surface area contributed by atoms with Crippen molar-refractivity contribution < 1.29 is 9.13 Å². The van der Waals surface area contributed by atoms with Crippen LogP contribution < -0.4 is 10.6 Å². The second-order valence-electron chi connectivity index (χ2n) is 5.96. The molecule has 0 unspecified atom stereocenters. The number of ether oxygens (including phenoxy) is 1. The molecule has 7 heteroatoms. The van der Waals surface area contributed by atoms with Gasteiger partial charge in [0, 0.05) is 24.1 Å². The number of halogens is 3. The van der Waals surface area contributed by atoms with Gasteiger partial charge in [-0.15, -0.1) is 24.0 Å². The van der Waals surface area contributed by atoms with Crippen LogP contribution in [-0.2, 0) is 11.2 Å². The van der Waals surface area contributed by atoms with Crippen molar-refractivity contribution in [2.24, 2.45) is 4.99 Å². The highest BCUT2D eigenvalue weighted by Gasteiger charge is 2.05. The summed E-state index contributed by atoms with van der Waals surface area (Å²) in [7, 11) is 0. The van der Waals surface area contributed by atoms with Gasteiger partial charge in [0.25, 0.3) is 0 Å². The monoisotopic (exact) mass is 539 g/mol. The lowest BCUT2D eigenvalue weighted by Crippen LogP contribution is -2.38. The van der Waals surface area contributed by atoms with Crippen LogP contribution in [0.2, 0.25) is 0 Å². The van der Waals surface area contributed by atoms with Crippen LogP contribution in [0.25, 0.3) is 0 Å². The van der Waals surface area contributed by atoms with Crippen molar-refractivity contribution in [2.45, 2.75) is 32.6 Å². The van der Waals surface area contributed by atoms with Gasteiger partial charge in [-0.1, -0.05) is 33.6 Å². The average Bonchev–Trinajstić information content (AvgIpc) is 2.61. The normalized spacial score (nSPS) is 14.4. The van der Waals surface area contributed by atoms with Crippen LogP contribution in [0.3, 0.4) is 0 Å². The van der Waals surface area contributed by atoms with Crippen molar-refractivity contribution in [1.82, 2.24) is 10.6 Å². The summed E-state index contributed by atoms with van der Waals surface area (Å²) in [6.07, 6.45) is 5.71. The van der Waals surface area contributed by atoms with Crippen molar-refractivity contribution in [3.63, 3.8) is 0 Å². The predicted molar refractivity (Wildman–Crippen MR) is 120 cm³/mol. The number of nitrogens with zero attached hydrogens (tertiary/aromatic N) is 1. The number of rotatable bonds is 8. The van der Waals surface area contributed by atoms with Crippen LogP contribution in [0, 0.1) is 5.82 Å². The molecule has 146 valence electrons. The van der Waals surface area contributed by atoms with Crippen LogP contribution in [0.4, 0.5) is 4.39 Å². The van der Waals surface area contributed by atoms with E-state index in [0.717, 1.165) is 61.6 Å². The minimum Gasteiger partial charge on any atom is -0.377 e. The molecular weight excluding hydrogens is 512 g/mol. The second-order valence-corrected chi connectivity index (χ2v) is 6.88. The molecule has 1 aromatic rings. The smallest absolute Gasteiger partial charge is 0.191 e. The summed E-state index contributed by atoms with van der Waals surface area (Å²) in [5, 5.41) is 6.61. The lowest BCUT2D eigenvalue weighted by molar-refractivity contribution is 0.153. The molecule has 26 heavy (non-hydrogen) atoms. The number of hydrogen-bond acceptors (Lipinski definition) is 2. The Balaban J connectivity index is 0.00000338. The van der Waals surface area contributed by atoms with E-state index in [0.29, 0.717) is 13.0 Å². The summed E-state index contributed by atoms with van der Waals surface area (Å²) in [6, 6.07) is 5.21. The van der Waals surface area contributed by atoms with Gasteiger partial charge in [-0.05, 0) is 50.3 Å². The third-order valence-electron chi connectivity index (χ3n) is 4.03. The summed E-state index contributed by atoms with van der Waals surface area (Å²) in [4.78, 5) is 4.58. The maximum atomic E-state index is 13.8. The topological polar surface area (TPSA) is 45.7 Å². The minimum absolute atomic E-state index is 0. The Morgan fingerprint density at radius 2 is 2.15 bits per heavy atom. The van der Waals surface area contributed by atoms with Crippen molar-refractivity contribution in [3.8, 4) is 0 Å². The molecule has 1 heterocycles. The maximum Gasteiger partial charge on any atom is 0.191 e. The standard InChI is InChI=1S/C19H27BrFN3O.HI/c1-2-22-19(24-11-7-15-8-12-25-13-9-15)23-10-3-4-16-5-6-17(20)14-18(16)21;/h5-6,8,14H,2-4,7,9-13H2,1H3,(H2,22,23,24);1H. The zero-order chi connectivity index (χ0) is 17.9. The number of nitrogens with one attached hydrogen (secondary N) is 2. The summed E-state index contributed by atoms with van der Waals surface area (Å²) in [5.74, 6) is 0.666. The first-order valence-electron chi connectivity index (χ1n) is 8.90. The number of aryl methyl sites for hydroxylation is 1. The van der Waals surface area contributed by atoms with Gasteiger partial charge >= 0.3 is 0 Å². The molecule has 2 rings (SSSR count). The molecule has 0 spiro atoms. The lowest BCUT2D eigenvalue weighted by Gasteiger charge is -2.15. The molecule has 0 saturated carbocycles. The van der Waals surface area contributed by atoms with Gasteiger partial charge < -0.3 is 15.4 Å². The van der Waals surface area contributed by atoms with Gasteiger partial charge in [0.1, 0.15) is 5.82 Å². The Bertz CT molecular complexity index is 610. The van der Waals surface area contributed by atoms with E-state index in [1.165, 1.54) is 11.6 Å². The fourth-order valence-electron chi connectivity index (χ4n) is 2.66. The van der Waals surface area contributed by atoms with Gasteiger partial charge in [-0.25, -0.2) is 4.39 Å². The molecule has 1 aliphatic rings. The fourth-order valence-corrected chi connectivity index (χ4v) is 2.99. The highest BCUT2D eigenvalue weighted by molar-refractivity contribution is 14.0. The molecular formula is C19H28BrFIN3O. The molecule has 0 saturated heterocycles. The van der Waals surface area contributed by atoms with E-state index in [-0.39, 0.29) is 29.8 Å². The van der Waals surface area contributed by atoms with Crippen molar-refractivity contribution in [2.75, 3.05) is 32.8 Å². The molecule has 2 N–H and O–H groups in total. The lowest BCUT2D eigenvalue weighted by atomic mass is 10.1. The fraction of sp³-hybridized carbons (Fsp3) is 0.526. The maximum absolute atomic E-state index is 13.8. The number of aliphatic imine (C=N–C) groups is 1. The molecule has 0 radical (unpaired) electrons. The minimum atomic E-state index is -0.159. The van der Waals surface area contributed by atoms with E-state index >= 15 is 0 Å². The van der Waals surface area contributed by atoms with E-state index in [4.69, 9.17) is 4.74 Å². The van der Waals surface area contributed by atoms with Gasteiger partial charge in [0.05, 0.1) is 13.2 Å². The molecule has 0 amide bonds. The molecule has 0 fully saturated rings. The zero-order valence-corrected chi connectivity index (χ0v) is 19.1. The van der Waals surface area contributed by atoms with Crippen molar-refractivity contribution >= 4 is 45.9 Å². The first kappa shape index (κ1) is 23.4. The summed E-state index contributed by atoms with van der Waals surface area (Å²) >= 11 is 3.28. The molecule has 0 aromatic heterocycles. The SMILES string of the molecule is CCNC(=NCCCc1ccc(Br)cc1F)NCCC1=CCOCC1.I. The molecule has 1 aliphatic heterocycles. The Hall–Kier alpha value is -0.670. The quantitative estimate of drug-likeness (QED) is 0.169. The van der Waals surface area contributed by atoms with Crippen LogP contribution in [-0.4, -0.2) is 38.8 Å². The highest BCUT2D eigenvalue weighted by Crippen LogP contribution is 2.16. The third-order valence-corrected chi connectivity index (χ3v) is 4.52. The van der Waals surface area contributed by atoms with Gasteiger partial charge in [-0.2, -0.15) is 0 Å². The van der Waals surface area contributed by atoms with E-state index < -0.39 is 0 Å². The Morgan fingerprint density at radius 1 is 1.31 bits per heavy atom. The van der Waals surface area contributed by atoms with Crippen LogP contribution in [0.1, 0.15) is 31.7 Å². The average molecular weight is 540 g/mol. The van der Waals surface area contributed by atoms with Crippen LogP contribution in [0.5, 0.6) is 0 Å². The first-order chi connectivity index (χ1) is 12.2. The van der Waals surface area contributed by atoms with Gasteiger partial charge in [0.2, 0.25) is 0 Å². The number of benzene rings is 1. The second kappa shape index (κ2) is 13.5. The number of guanidine groups is 1. The molecule has 4 nitrogen and oxygen atoms in total. The number of hydrogen-bond donors (Lipinski definition) is 2. The Labute approximate surface area is 181 Å². The highest BCUT2D eigenvalue weighted by atomic mass is 127. The van der Waals surface area contributed by atoms with Gasteiger partial charge in [-0.3, -0.25) is 4.99 Å². The van der Waals surface area contributed by atoms with Crippen molar-refractivity contribution in [1.29, 1.82) is 0 Å². The van der Waals surface area contributed by atoms with E-state index in [2.05, 4.69) is 44.6 Å². The summed E-state index contributed by atoms with van der Waals surface area (Å²) in [5.41, 5.74) is 2.18. The van der Waals surface area contributed by atoms with E-state index in [1.807, 2.05) is 12.1 Å². The first-order valence-corrected chi connectivity index (χ1v) is 9.70. The predicted octanol–water partition coefficient (Wildman–Crippen LogP) is 4.43. The van der Waals surface area contributed by atoms with Crippen LogP contribution >= 0.6 is 39.9 Å². The van der Waals surface area contributed by atoms with E-state index in [1.54, 1.807) is 0 Å². The molecule has 0 atom stereocenters. The molecule has 0 aliphatic carbocycles. The molecule has 0 bridgehead atoms. The summed E-state index contributed by atoms with van der Waals surface area (Å²) < 4.78 is 19.9. The third kappa shape index (κ3) is 8.81. The van der Waals surface area contributed by atoms with Crippen molar-refractivity contribution in [3.05, 3.63) is 45.7 Å². The summed E-state index contributed by atoms with van der Waals surface area (Å²) in [6.45, 7) is 5.96. The Kier molecular flexibility index (Phi) is 12.1. The van der Waals surface area contributed by atoms with Gasteiger partial charge in [0.15, 0.2) is 5.96 Å². The zero-order valence-electron chi connectivity index (χ0n) is 15.2. The largest absolute Gasteiger partial charge is 0.377 e. The van der Waals surface area contributed by atoms with E-state index in [9.17, 15) is 4.39 Å². The Morgan fingerprint density at radius 3 is 2.85 bits per heavy atom.